The van der Waals surface area contributed by atoms with Crippen molar-refractivity contribution in [3.05, 3.63) is 84.0 Å². The molecule has 0 amide bonds. The van der Waals surface area contributed by atoms with E-state index < -0.39 is 0 Å². The number of halogens is 1. The molecule has 148 valence electrons. The van der Waals surface area contributed by atoms with Crippen molar-refractivity contribution < 1.29 is 13.9 Å². The molecule has 0 spiro atoms. The maximum absolute atomic E-state index is 13.9. The van der Waals surface area contributed by atoms with Crippen LogP contribution in [0.25, 0.3) is 16.5 Å². The largest absolute Gasteiger partial charge is 0.497 e. The van der Waals surface area contributed by atoms with Gasteiger partial charge in [-0.2, -0.15) is 0 Å². The highest BCUT2D eigenvalue weighted by atomic mass is 19.1. The molecular formula is C24H23FN2O2. The molecule has 0 radical (unpaired) electrons. The maximum Gasteiger partial charge on any atom is 0.130 e. The summed E-state index contributed by atoms with van der Waals surface area (Å²) >= 11 is 0. The predicted octanol–water partition coefficient (Wildman–Crippen LogP) is 4.98. The summed E-state index contributed by atoms with van der Waals surface area (Å²) < 4.78 is 25.2. The average molecular weight is 390 g/mol. The molecule has 0 aliphatic carbocycles. The summed E-state index contributed by atoms with van der Waals surface area (Å²) in [5.41, 5.74) is 3.37. The van der Waals surface area contributed by atoms with E-state index in [4.69, 9.17) is 9.47 Å². The quantitative estimate of drug-likeness (QED) is 0.594. The number of ether oxygens (including phenoxy) is 2. The fourth-order valence-electron chi connectivity index (χ4n) is 3.33. The molecule has 0 saturated carbocycles. The van der Waals surface area contributed by atoms with E-state index in [2.05, 4.69) is 22.2 Å². The van der Waals surface area contributed by atoms with E-state index in [1.54, 1.807) is 26.3 Å². The second kappa shape index (κ2) is 8.35. The number of nitrogens with zero attached hydrogens (tertiary/aromatic N) is 2. The Bertz CT molecular complexity index is 1090. The minimum absolute atomic E-state index is 0.182. The van der Waals surface area contributed by atoms with Crippen LogP contribution in [0.3, 0.4) is 0 Å². The summed E-state index contributed by atoms with van der Waals surface area (Å²) in [6.45, 7) is 3.83. The normalized spacial score (nSPS) is 13.5. The zero-order valence-electron chi connectivity index (χ0n) is 16.6. The number of methoxy groups -OCH3 is 1. The monoisotopic (exact) mass is 390 g/mol. The second-order valence-electron chi connectivity index (χ2n) is 6.99. The molecule has 2 heterocycles. The number of rotatable bonds is 6. The molecule has 1 aromatic heterocycles. The Morgan fingerprint density at radius 3 is 2.86 bits per heavy atom. The Labute approximate surface area is 169 Å². The molecule has 3 aromatic rings. The molecule has 0 fully saturated rings. The van der Waals surface area contributed by atoms with Crippen LogP contribution >= 0.6 is 0 Å². The van der Waals surface area contributed by atoms with Crippen LogP contribution in [0.15, 0.2) is 67.0 Å². The standard InChI is InChI=1S/C24H23FN2O2/c1-17-5-6-18(14-22(17)25)19-4-3-11-27(16-19)12-13-29-24-9-10-26-23-15-20(28-2)7-8-21(23)24/h3-10,14-16H,11-13H2,1-2H3. The molecule has 4 rings (SSSR count). The molecule has 0 saturated heterocycles. The Morgan fingerprint density at radius 1 is 1.14 bits per heavy atom. The summed E-state index contributed by atoms with van der Waals surface area (Å²) in [6.07, 6.45) is 7.92. The van der Waals surface area contributed by atoms with Crippen molar-refractivity contribution in [1.82, 2.24) is 9.88 Å². The first-order chi connectivity index (χ1) is 14.1. The van der Waals surface area contributed by atoms with Gasteiger partial charge in [-0.1, -0.05) is 24.3 Å². The Morgan fingerprint density at radius 2 is 2.03 bits per heavy atom. The van der Waals surface area contributed by atoms with Crippen LogP contribution in [0.5, 0.6) is 11.5 Å². The molecule has 2 aromatic carbocycles. The molecule has 0 bridgehead atoms. The van der Waals surface area contributed by atoms with Gasteiger partial charge < -0.3 is 14.4 Å². The van der Waals surface area contributed by atoms with Crippen molar-refractivity contribution in [3.63, 3.8) is 0 Å². The molecule has 0 N–H and O–H groups in total. The van der Waals surface area contributed by atoms with Crippen LogP contribution in [0.2, 0.25) is 0 Å². The smallest absolute Gasteiger partial charge is 0.130 e. The number of fused-ring (bicyclic) bond motifs is 1. The highest BCUT2D eigenvalue weighted by Crippen LogP contribution is 2.27. The van der Waals surface area contributed by atoms with Gasteiger partial charge in [0.25, 0.3) is 0 Å². The van der Waals surface area contributed by atoms with Crippen molar-refractivity contribution in [2.45, 2.75) is 6.92 Å². The number of allylic oxidation sites excluding steroid dienone is 2. The fraction of sp³-hybridized carbons (Fsp3) is 0.208. The lowest BCUT2D eigenvalue weighted by molar-refractivity contribution is 0.266. The number of aromatic nitrogens is 1. The number of hydrogen-bond acceptors (Lipinski definition) is 4. The van der Waals surface area contributed by atoms with Crippen LogP contribution in [-0.4, -0.2) is 36.7 Å². The van der Waals surface area contributed by atoms with E-state index in [0.29, 0.717) is 12.2 Å². The molecule has 0 unspecified atom stereocenters. The molecular weight excluding hydrogens is 367 g/mol. The SMILES string of the molecule is COc1ccc2c(OCCN3C=C(c4ccc(C)c(F)c4)C=CC3)ccnc2c1. The first-order valence-electron chi connectivity index (χ1n) is 9.58. The summed E-state index contributed by atoms with van der Waals surface area (Å²) in [7, 11) is 1.64. The summed E-state index contributed by atoms with van der Waals surface area (Å²) in [5.74, 6) is 1.39. The van der Waals surface area contributed by atoms with E-state index in [1.807, 2.05) is 42.5 Å². The van der Waals surface area contributed by atoms with Gasteiger partial charge in [-0.3, -0.25) is 4.98 Å². The molecule has 29 heavy (non-hydrogen) atoms. The van der Waals surface area contributed by atoms with Gasteiger partial charge >= 0.3 is 0 Å². The van der Waals surface area contributed by atoms with Gasteiger partial charge in [0.15, 0.2) is 0 Å². The lowest BCUT2D eigenvalue weighted by Crippen LogP contribution is -2.25. The molecule has 1 aliphatic heterocycles. The lowest BCUT2D eigenvalue weighted by atomic mass is 10.0. The summed E-state index contributed by atoms with van der Waals surface area (Å²) in [4.78, 5) is 6.55. The van der Waals surface area contributed by atoms with Gasteiger partial charge in [0.2, 0.25) is 0 Å². The van der Waals surface area contributed by atoms with Crippen molar-refractivity contribution in [2.75, 3.05) is 26.8 Å². The third kappa shape index (κ3) is 4.24. The fourth-order valence-corrected chi connectivity index (χ4v) is 3.33. The third-order valence-corrected chi connectivity index (χ3v) is 5.01. The highest BCUT2D eigenvalue weighted by molar-refractivity contribution is 5.86. The number of benzene rings is 2. The van der Waals surface area contributed by atoms with Crippen LogP contribution in [-0.2, 0) is 0 Å². The van der Waals surface area contributed by atoms with Gasteiger partial charge in [-0.05, 0) is 47.9 Å². The first-order valence-corrected chi connectivity index (χ1v) is 9.58. The predicted molar refractivity (Wildman–Crippen MR) is 114 cm³/mol. The zero-order valence-corrected chi connectivity index (χ0v) is 16.6. The van der Waals surface area contributed by atoms with Crippen LogP contribution in [0.4, 0.5) is 4.39 Å². The molecule has 5 heteroatoms. The number of hydrogen-bond donors (Lipinski definition) is 0. The molecule has 4 nitrogen and oxygen atoms in total. The van der Waals surface area contributed by atoms with Crippen molar-refractivity contribution in [2.24, 2.45) is 0 Å². The van der Waals surface area contributed by atoms with Crippen molar-refractivity contribution in [1.29, 1.82) is 0 Å². The Hall–Kier alpha value is -3.34. The van der Waals surface area contributed by atoms with Crippen LogP contribution in [0.1, 0.15) is 11.1 Å². The van der Waals surface area contributed by atoms with E-state index in [-0.39, 0.29) is 5.82 Å². The van der Waals surface area contributed by atoms with Crippen molar-refractivity contribution in [3.8, 4) is 11.5 Å². The molecule has 1 aliphatic rings. The zero-order chi connectivity index (χ0) is 20.2. The number of aryl methyl sites for hydroxylation is 1. The second-order valence-corrected chi connectivity index (χ2v) is 6.99. The van der Waals surface area contributed by atoms with E-state index in [1.165, 1.54) is 0 Å². The summed E-state index contributed by atoms with van der Waals surface area (Å²) in [6, 6.07) is 13.0. The molecule has 0 atom stereocenters. The van der Waals surface area contributed by atoms with E-state index >= 15 is 0 Å². The topological polar surface area (TPSA) is 34.6 Å². The van der Waals surface area contributed by atoms with Crippen LogP contribution in [0, 0.1) is 12.7 Å². The van der Waals surface area contributed by atoms with Gasteiger partial charge in [0, 0.05) is 30.4 Å². The number of pyridine rings is 1. The Kier molecular flexibility index (Phi) is 5.47. The minimum atomic E-state index is -0.182. The minimum Gasteiger partial charge on any atom is -0.497 e. The van der Waals surface area contributed by atoms with Gasteiger partial charge in [-0.25, -0.2) is 4.39 Å². The van der Waals surface area contributed by atoms with E-state index in [9.17, 15) is 4.39 Å². The highest BCUT2D eigenvalue weighted by Gasteiger charge is 2.10. The van der Waals surface area contributed by atoms with Gasteiger partial charge in [-0.15, -0.1) is 0 Å². The summed E-state index contributed by atoms with van der Waals surface area (Å²) in [5, 5.41) is 0.957. The average Bonchev–Trinajstić information content (AvgIpc) is 2.75. The Balaban J connectivity index is 1.43. The lowest BCUT2D eigenvalue weighted by Gasteiger charge is -2.23. The van der Waals surface area contributed by atoms with Crippen LogP contribution < -0.4 is 9.47 Å². The van der Waals surface area contributed by atoms with Gasteiger partial charge in [0.1, 0.15) is 23.9 Å². The van der Waals surface area contributed by atoms with E-state index in [0.717, 1.165) is 46.6 Å². The first kappa shape index (κ1) is 19.0. The van der Waals surface area contributed by atoms with Crippen molar-refractivity contribution >= 4 is 16.5 Å². The third-order valence-electron chi connectivity index (χ3n) is 5.01. The van der Waals surface area contributed by atoms with Gasteiger partial charge in [0.05, 0.1) is 19.2 Å². The maximum atomic E-state index is 13.9.